The molecule has 0 bridgehead atoms. The van der Waals surface area contributed by atoms with Crippen molar-refractivity contribution < 1.29 is 4.79 Å². The molecule has 1 N–H and O–H groups in total. The van der Waals surface area contributed by atoms with Gasteiger partial charge in [0.25, 0.3) is 0 Å². The van der Waals surface area contributed by atoms with E-state index in [1.165, 1.54) is 11.1 Å². The summed E-state index contributed by atoms with van der Waals surface area (Å²) >= 11 is 6.37. The van der Waals surface area contributed by atoms with Crippen molar-refractivity contribution in [3.63, 3.8) is 0 Å². The summed E-state index contributed by atoms with van der Waals surface area (Å²) in [6.07, 6.45) is 0. The van der Waals surface area contributed by atoms with Crippen LogP contribution in [0.2, 0.25) is 5.02 Å². The van der Waals surface area contributed by atoms with Crippen molar-refractivity contribution >= 4 is 23.2 Å². The number of para-hydroxylation sites is 1. The summed E-state index contributed by atoms with van der Waals surface area (Å²) in [7, 11) is 0. The first-order valence-electron chi connectivity index (χ1n) is 10.5. The SMILES string of the molecule is Cc1cccc(C(C)C)c1NC(=O)CN1CCN(C(C)c2ccccc2Cl)CC1. The van der Waals surface area contributed by atoms with E-state index >= 15 is 0 Å². The summed E-state index contributed by atoms with van der Waals surface area (Å²) in [6.45, 7) is 12.6. The van der Waals surface area contributed by atoms with Crippen LogP contribution in [0.15, 0.2) is 42.5 Å². The van der Waals surface area contributed by atoms with Gasteiger partial charge in [0.1, 0.15) is 0 Å². The van der Waals surface area contributed by atoms with Gasteiger partial charge in [0, 0.05) is 42.9 Å². The van der Waals surface area contributed by atoms with Crippen molar-refractivity contribution in [1.29, 1.82) is 0 Å². The Morgan fingerprint density at radius 3 is 2.31 bits per heavy atom. The lowest BCUT2D eigenvalue weighted by molar-refractivity contribution is -0.117. The third-order valence-electron chi connectivity index (χ3n) is 5.87. The van der Waals surface area contributed by atoms with Crippen molar-refractivity contribution in [3.05, 3.63) is 64.2 Å². The second kappa shape index (κ2) is 9.75. The molecule has 1 amide bonds. The van der Waals surface area contributed by atoms with Gasteiger partial charge in [-0.1, -0.05) is 61.8 Å². The lowest BCUT2D eigenvalue weighted by Crippen LogP contribution is -2.49. The van der Waals surface area contributed by atoms with Crippen LogP contribution in [0.1, 0.15) is 49.4 Å². The maximum absolute atomic E-state index is 12.7. The van der Waals surface area contributed by atoms with E-state index in [2.05, 4.69) is 67.1 Å². The Labute approximate surface area is 179 Å². The second-order valence-electron chi connectivity index (χ2n) is 8.25. The molecule has 156 valence electrons. The molecule has 29 heavy (non-hydrogen) atoms. The first-order valence-corrected chi connectivity index (χ1v) is 10.8. The fraction of sp³-hybridized carbons (Fsp3) is 0.458. The van der Waals surface area contributed by atoms with Crippen molar-refractivity contribution in [2.75, 3.05) is 38.0 Å². The van der Waals surface area contributed by atoms with E-state index in [1.807, 2.05) is 18.2 Å². The molecule has 4 nitrogen and oxygen atoms in total. The third-order valence-corrected chi connectivity index (χ3v) is 6.21. The van der Waals surface area contributed by atoms with E-state index in [9.17, 15) is 4.79 Å². The summed E-state index contributed by atoms with van der Waals surface area (Å²) < 4.78 is 0. The molecule has 2 aromatic carbocycles. The quantitative estimate of drug-likeness (QED) is 0.716. The number of anilines is 1. The van der Waals surface area contributed by atoms with E-state index in [-0.39, 0.29) is 11.9 Å². The largest absolute Gasteiger partial charge is 0.324 e. The predicted octanol–water partition coefficient (Wildman–Crippen LogP) is 5.09. The molecule has 1 aliphatic rings. The van der Waals surface area contributed by atoms with E-state index in [4.69, 9.17) is 11.6 Å². The predicted molar refractivity (Wildman–Crippen MR) is 122 cm³/mol. The molecular weight excluding hydrogens is 382 g/mol. The lowest BCUT2D eigenvalue weighted by atomic mass is 9.98. The number of hydrogen-bond acceptors (Lipinski definition) is 3. The molecular formula is C24H32ClN3O. The number of rotatable bonds is 6. The number of amides is 1. The molecule has 3 rings (SSSR count). The first-order chi connectivity index (χ1) is 13.9. The third kappa shape index (κ3) is 5.39. The van der Waals surface area contributed by atoms with Gasteiger partial charge in [0.05, 0.1) is 6.54 Å². The van der Waals surface area contributed by atoms with E-state index in [0.717, 1.165) is 42.5 Å². The average Bonchev–Trinajstić information content (AvgIpc) is 2.70. The average molecular weight is 414 g/mol. The summed E-state index contributed by atoms with van der Waals surface area (Å²) in [5, 5.41) is 3.98. The fourth-order valence-electron chi connectivity index (χ4n) is 4.04. The van der Waals surface area contributed by atoms with Crippen LogP contribution in [0.4, 0.5) is 5.69 Å². The highest BCUT2D eigenvalue weighted by atomic mass is 35.5. The lowest BCUT2D eigenvalue weighted by Gasteiger charge is -2.38. The van der Waals surface area contributed by atoms with Crippen molar-refractivity contribution in [3.8, 4) is 0 Å². The van der Waals surface area contributed by atoms with Crippen LogP contribution in [0.3, 0.4) is 0 Å². The van der Waals surface area contributed by atoms with Gasteiger partial charge in [-0.3, -0.25) is 14.6 Å². The number of hydrogen-bond donors (Lipinski definition) is 1. The monoisotopic (exact) mass is 413 g/mol. The van der Waals surface area contributed by atoms with Crippen LogP contribution in [-0.2, 0) is 4.79 Å². The smallest absolute Gasteiger partial charge is 0.238 e. The molecule has 0 radical (unpaired) electrons. The first kappa shape index (κ1) is 21.8. The molecule has 0 aromatic heterocycles. The minimum atomic E-state index is 0.0637. The van der Waals surface area contributed by atoms with Crippen molar-refractivity contribution in [2.45, 2.75) is 39.7 Å². The topological polar surface area (TPSA) is 35.6 Å². The van der Waals surface area contributed by atoms with Crippen LogP contribution in [-0.4, -0.2) is 48.4 Å². The molecule has 0 aliphatic carbocycles. The van der Waals surface area contributed by atoms with Crippen molar-refractivity contribution in [1.82, 2.24) is 9.80 Å². The zero-order chi connectivity index (χ0) is 21.0. The zero-order valence-corrected chi connectivity index (χ0v) is 18.7. The summed E-state index contributed by atoms with van der Waals surface area (Å²) in [5.74, 6) is 0.439. The zero-order valence-electron chi connectivity index (χ0n) is 17.9. The van der Waals surface area contributed by atoms with Crippen LogP contribution in [0.25, 0.3) is 0 Å². The molecule has 0 saturated carbocycles. The van der Waals surface area contributed by atoms with Crippen LogP contribution >= 0.6 is 11.6 Å². The van der Waals surface area contributed by atoms with Gasteiger partial charge in [0.2, 0.25) is 5.91 Å². The van der Waals surface area contributed by atoms with Gasteiger partial charge in [-0.25, -0.2) is 0 Å². The number of benzene rings is 2. The second-order valence-corrected chi connectivity index (χ2v) is 8.66. The Balaban J connectivity index is 1.55. The molecule has 5 heteroatoms. The van der Waals surface area contributed by atoms with Gasteiger partial charge in [0.15, 0.2) is 0 Å². The van der Waals surface area contributed by atoms with Crippen LogP contribution < -0.4 is 5.32 Å². The van der Waals surface area contributed by atoms with Gasteiger partial charge in [-0.05, 0) is 42.5 Å². The molecule has 2 aromatic rings. The number of aryl methyl sites for hydroxylation is 1. The Bertz CT molecular complexity index is 844. The van der Waals surface area contributed by atoms with Gasteiger partial charge < -0.3 is 5.32 Å². The van der Waals surface area contributed by atoms with E-state index in [1.54, 1.807) is 0 Å². The molecule has 1 unspecified atom stereocenters. The number of carbonyl (C=O) groups is 1. The summed E-state index contributed by atoms with van der Waals surface area (Å²) in [5.41, 5.74) is 4.44. The minimum absolute atomic E-state index is 0.0637. The van der Waals surface area contributed by atoms with Gasteiger partial charge >= 0.3 is 0 Å². The standard InChI is InChI=1S/C24H32ClN3O/c1-17(2)20-10-7-8-18(3)24(20)26-23(29)16-27-12-14-28(15-13-27)19(4)21-9-5-6-11-22(21)25/h5-11,17,19H,12-16H2,1-4H3,(H,26,29). The maximum atomic E-state index is 12.7. The Hall–Kier alpha value is -1.88. The number of nitrogens with one attached hydrogen (secondary N) is 1. The number of carbonyl (C=O) groups excluding carboxylic acids is 1. The van der Waals surface area contributed by atoms with Crippen LogP contribution in [0, 0.1) is 6.92 Å². The molecule has 1 saturated heterocycles. The highest BCUT2D eigenvalue weighted by molar-refractivity contribution is 6.31. The number of halogens is 1. The van der Waals surface area contributed by atoms with Crippen molar-refractivity contribution in [2.24, 2.45) is 0 Å². The fourth-order valence-corrected chi connectivity index (χ4v) is 4.34. The van der Waals surface area contributed by atoms with E-state index in [0.29, 0.717) is 12.5 Å². The highest BCUT2D eigenvalue weighted by Crippen LogP contribution is 2.29. The number of nitrogens with zero attached hydrogens (tertiary/aromatic N) is 2. The summed E-state index contributed by atoms with van der Waals surface area (Å²) in [4.78, 5) is 17.4. The molecule has 1 aliphatic heterocycles. The Morgan fingerprint density at radius 2 is 1.66 bits per heavy atom. The molecule has 1 heterocycles. The summed E-state index contributed by atoms with van der Waals surface area (Å²) in [6, 6.07) is 14.5. The van der Waals surface area contributed by atoms with E-state index < -0.39 is 0 Å². The molecule has 1 atom stereocenters. The Morgan fingerprint density at radius 1 is 1.00 bits per heavy atom. The van der Waals surface area contributed by atoms with Gasteiger partial charge in [-0.2, -0.15) is 0 Å². The maximum Gasteiger partial charge on any atom is 0.238 e. The molecule has 0 spiro atoms. The van der Waals surface area contributed by atoms with Gasteiger partial charge in [-0.15, -0.1) is 0 Å². The molecule has 1 fully saturated rings. The number of piperazine rings is 1. The normalized spacial score (nSPS) is 16.8. The van der Waals surface area contributed by atoms with Crippen LogP contribution in [0.5, 0.6) is 0 Å². The Kier molecular flexibility index (Phi) is 7.33. The minimum Gasteiger partial charge on any atom is -0.324 e. The highest BCUT2D eigenvalue weighted by Gasteiger charge is 2.24.